The zero-order valence-corrected chi connectivity index (χ0v) is 14.3. The summed E-state index contributed by atoms with van der Waals surface area (Å²) in [5.74, 6) is 0.792. The van der Waals surface area contributed by atoms with E-state index in [0.717, 1.165) is 22.1 Å². The van der Waals surface area contributed by atoms with E-state index in [4.69, 9.17) is 4.74 Å². The number of aryl methyl sites for hydroxylation is 1. The molecule has 6 heteroatoms. The zero-order valence-electron chi connectivity index (χ0n) is 13.5. The fourth-order valence-corrected chi connectivity index (χ4v) is 2.99. The molecule has 0 amide bonds. The molecule has 0 radical (unpaired) electrons. The van der Waals surface area contributed by atoms with Crippen LogP contribution in [-0.4, -0.2) is 37.8 Å². The maximum atomic E-state index is 10.2. The Morgan fingerprint density at radius 1 is 1.32 bits per heavy atom. The van der Waals surface area contributed by atoms with E-state index in [1.807, 2.05) is 50.2 Å². The average molecular weight is 321 g/mol. The van der Waals surface area contributed by atoms with E-state index in [-0.39, 0.29) is 0 Å². The molecule has 0 aliphatic carbocycles. The van der Waals surface area contributed by atoms with Crippen molar-refractivity contribution in [3.05, 3.63) is 40.4 Å². The van der Waals surface area contributed by atoms with Gasteiger partial charge in [-0.25, -0.2) is 4.98 Å². The number of benzene rings is 1. The van der Waals surface area contributed by atoms with Gasteiger partial charge in [0.1, 0.15) is 5.75 Å². The van der Waals surface area contributed by atoms with Crippen molar-refractivity contribution in [3.63, 3.8) is 0 Å². The van der Waals surface area contributed by atoms with Gasteiger partial charge in [-0.1, -0.05) is 12.1 Å². The van der Waals surface area contributed by atoms with Gasteiger partial charge in [0, 0.05) is 32.1 Å². The number of thiazole rings is 1. The highest BCUT2D eigenvalue weighted by Gasteiger charge is 2.11. The highest BCUT2D eigenvalue weighted by Crippen LogP contribution is 2.24. The molecule has 1 unspecified atom stereocenters. The number of rotatable bonds is 7. The number of hydrogen-bond donors (Lipinski definition) is 2. The van der Waals surface area contributed by atoms with Gasteiger partial charge in [0.2, 0.25) is 0 Å². The number of methoxy groups -OCH3 is 1. The van der Waals surface area contributed by atoms with Crippen LogP contribution in [0.1, 0.15) is 22.2 Å². The van der Waals surface area contributed by atoms with E-state index >= 15 is 0 Å². The van der Waals surface area contributed by atoms with Crippen molar-refractivity contribution >= 4 is 16.5 Å². The molecule has 0 aliphatic rings. The normalized spacial score (nSPS) is 12.2. The Bertz CT molecular complexity index is 596. The van der Waals surface area contributed by atoms with Crippen LogP contribution in [0.15, 0.2) is 24.3 Å². The number of aliphatic hydroxyl groups excluding tert-OH is 1. The number of nitrogens with zero attached hydrogens (tertiary/aromatic N) is 2. The van der Waals surface area contributed by atoms with Crippen molar-refractivity contribution in [2.45, 2.75) is 19.6 Å². The highest BCUT2D eigenvalue weighted by atomic mass is 32.1. The Morgan fingerprint density at radius 3 is 2.55 bits per heavy atom. The predicted octanol–water partition coefficient (Wildman–Crippen LogP) is 2.35. The molecule has 1 atom stereocenters. The van der Waals surface area contributed by atoms with Crippen LogP contribution < -0.4 is 15.0 Å². The third-order valence-corrected chi connectivity index (χ3v) is 4.71. The summed E-state index contributed by atoms with van der Waals surface area (Å²) in [6.45, 7) is 3.23. The molecular weight excluding hydrogens is 298 g/mol. The topological polar surface area (TPSA) is 57.6 Å². The fourth-order valence-electron chi connectivity index (χ4n) is 2.03. The fraction of sp³-hybridized carbons (Fsp3) is 0.438. The molecule has 0 bridgehead atoms. The summed E-state index contributed by atoms with van der Waals surface area (Å²) in [6.07, 6.45) is -0.535. The smallest absolute Gasteiger partial charge is 0.185 e. The van der Waals surface area contributed by atoms with Gasteiger partial charge in [0.25, 0.3) is 0 Å². The van der Waals surface area contributed by atoms with Gasteiger partial charge < -0.3 is 20.1 Å². The Hall–Kier alpha value is -1.63. The molecule has 1 aromatic heterocycles. The number of ether oxygens (including phenoxy) is 1. The van der Waals surface area contributed by atoms with E-state index < -0.39 is 6.10 Å². The van der Waals surface area contributed by atoms with Crippen LogP contribution in [0.3, 0.4) is 0 Å². The first kappa shape index (κ1) is 16.7. The van der Waals surface area contributed by atoms with Crippen LogP contribution in [-0.2, 0) is 6.54 Å². The van der Waals surface area contributed by atoms with E-state index in [9.17, 15) is 5.11 Å². The van der Waals surface area contributed by atoms with Gasteiger partial charge in [-0.2, -0.15) is 0 Å². The van der Waals surface area contributed by atoms with E-state index in [1.165, 1.54) is 4.88 Å². The molecular formula is C16H23N3O2S. The third kappa shape index (κ3) is 4.19. The molecule has 120 valence electrons. The largest absolute Gasteiger partial charge is 0.497 e. The van der Waals surface area contributed by atoms with Crippen molar-refractivity contribution in [2.75, 3.05) is 32.6 Å². The highest BCUT2D eigenvalue weighted by molar-refractivity contribution is 7.15. The van der Waals surface area contributed by atoms with Crippen molar-refractivity contribution in [1.82, 2.24) is 10.3 Å². The molecule has 1 aromatic carbocycles. The number of aliphatic hydroxyl groups is 1. The summed E-state index contributed by atoms with van der Waals surface area (Å²) < 4.78 is 5.12. The SMILES string of the molecule is COc1ccc(C(O)CNCc2sc(N(C)C)nc2C)cc1. The monoisotopic (exact) mass is 321 g/mol. The lowest BCUT2D eigenvalue weighted by atomic mass is 10.1. The molecule has 0 saturated heterocycles. The summed E-state index contributed by atoms with van der Waals surface area (Å²) >= 11 is 1.67. The number of hydrogen-bond acceptors (Lipinski definition) is 6. The molecule has 2 aromatic rings. The third-order valence-electron chi connectivity index (χ3n) is 3.39. The molecule has 22 heavy (non-hydrogen) atoms. The van der Waals surface area contributed by atoms with Gasteiger partial charge in [0.15, 0.2) is 5.13 Å². The molecule has 2 N–H and O–H groups in total. The number of nitrogens with one attached hydrogen (secondary N) is 1. The van der Waals surface area contributed by atoms with E-state index in [2.05, 4.69) is 10.3 Å². The second-order valence-electron chi connectivity index (χ2n) is 5.32. The Kier molecular flexibility index (Phi) is 5.76. The molecule has 5 nitrogen and oxygen atoms in total. The van der Waals surface area contributed by atoms with Crippen LogP contribution in [0.5, 0.6) is 5.75 Å². The Morgan fingerprint density at radius 2 is 2.00 bits per heavy atom. The standard InChI is InChI=1S/C16H23N3O2S/c1-11-15(22-16(18-11)19(2)3)10-17-9-14(20)12-5-7-13(21-4)8-6-12/h5-8,14,17,20H,9-10H2,1-4H3. The van der Waals surface area contributed by atoms with Crippen molar-refractivity contribution in [2.24, 2.45) is 0 Å². The second kappa shape index (κ2) is 7.58. The quantitative estimate of drug-likeness (QED) is 0.820. The van der Waals surface area contributed by atoms with Crippen molar-refractivity contribution < 1.29 is 9.84 Å². The van der Waals surface area contributed by atoms with Crippen molar-refractivity contribution in [1.29, 1.82) is 0 Å². The average Bonchev–Trinajstić information content (AvgIpc) is 2.89. The van der Waals surface area contributed by atoms with Crippen LogP contribution >= 0.6 is 11.3 Å². The van der Waals surface area contributed by atoms with Crippen LogP contribution in [0.25, 0.3) is 0 Å². The van der Waals surface area contributed by atoms with E-state index in [1.54, 1.807) is 18.4 Å². The molecule has 2 rings (SSSR count). The molecule has 0 saturated carbocycles. The van der Waals surface area contributed by atoms with E-state index in [0.29, 0.717) is 13.1 Å². The number of aromatic nitrogens is 1. The summed E-state index contributed by atoms with van der Waals surface area (Å²) in [5.41, 5.74) is 1.92. The first-order valence-corrected chi connectivity index (χ1v) is 7.99. The minimum Gasteiger partial charge on any atom is -0.497 e. The maximum Gasteiger partial charge on any atom is 0.185 e. The van der Waals surface area contributed by atoms with Gasteiger partial charge in [-0.15, -0.1) is 11.3 Å². The lowest BCUT2D eigenvalue weighted by molar-refractivity contribution is 0.174. The minimum absolute atomic E-state index is 0.501. The molecule has 0 aliphatic heterocycles. The zero-order chi connectivity index (χ0) is 16.1. The second-order valence-corrected chi connectivity index (χ2v) is 6.38. The summed E-state index contributed by atoms with van der Waals surface area (Å²) in [6, 6.07) is 7.48. The molecule has 0 fully saturated rings. The summed E-state index contributed by atoms with van der Waals surface area (Å²) in [5, 5.41) is 14.5. The van der Waals surface area contributed by atoms with Gasteiger partial charge in [0.05, 0.1) is 18.9 Å². The van der Waals surface area contributed by atoms with Crippen molar-refractivity contribution in [3.8, 4) is 5.75 Å². The molecule has 0 spiro atoms. The lowest BCUT2D eigenvalue weighted by Gasteiger charge is -2.12. The first-order valence-electron chi connectivity index (χ1n) is 7.17. The van der Waals surface area contributed by atoms with Gasteiger partial charge in [-0.3, -0.25) is 0 Å². The maximum absolute atomic E-state index is 10.2. The Balaban J connectivity index is 1.87. The number of anilines is 1. The summed E-state index contributed by atoms with van der Waals surface area (Å²) in [7, 11) is 5.61. The predicted molar refractivity (Wildman–Crippen MR) is 90.8 cm³/mol. The van der Waals surface area contributed by atoms with Gasteiger partial charge in [-0.05, 0) is 24.6 Å². The Labute approximate surface area is 135 Å². The van der Waals surface area contributed by atoms with Crippen LogP contribution in [0.4, 0.5) is 5.13 Å². The lowest BCUT2D eigenvalue weighted by Crippen LogP contribution is -2.20. The van der Waals surface area contributed by atoms with Crippen LogP contribution in [0.2, 0.25) is 0 Å². The first-order chi connectivity index (χ1) is 10.5. The molecule has 1 heterocycles. The van der Waals surface area contributed by atoms with Crippen LogP contribution in [0, 0.1) is 6.92 Å². The van der Waals surface area contributed by atoms with Gasteiger partial charge >= 0.3 is 0 Å². The minimum atomic E-state index is -0.535. The summed E-state index contributed by atoms with van der Waals surface area (Å²) in [4.78, 5) is 7.72.